The third-order valence-electron chi connectivity index (χ3n) is 2.75. The van der Waals surface area contributed by atoms with Crippen LogP contribution in [-0.2, 0) is 6.61 Å². The molecule has 0 N–H and O–H groups in total. The van der Waals surface area contributed by atoms with E-state index in [1.807, 2.05) is 13.0 Å². The van der Waals surface area contributed by atoms with Gasteiger partial charge < -0.3 is 4.74 Å². The van der Waals surface area contributed by atoms with Gasteiger partial charge >= 0.3 is 0 Å². The lowest BCUT2D eigenvalue weighted by Gasteiger charge is -2.10. The van der Waals surface area contributed by atoms with Gasteiger partial charge in [0.15, 0.2) is 11.6 Å². The minimum Gasteiger partial charge on any atom is -0.486 e. The van der Waals surface area contributed by atoms with Crippen LogP contribution in [0.25, 0.3) is 0 Å². The van der Waals surface area contributed by atoms with Gasteiger partial charge in [-0.3, -0.25) is 0 Å². The first-order valence-electron chi connectivity index (χ1n) is 5.67. The fraction of sp³-hybridized carbons (Fsp3) is 0.133. The molecule has 0 spiro atoms. The molecule has 2 nitrogen and oxygen atoms in total. The van der Waals surface area contributed by atoms with Crippen LogP contribution in [0.15, 0.2) is 40.9 Å². The summed E-state index contributed by atoms with van der Waals surface area (Å²) < 4.78 is 19.7. The van der Waals surface area contributed by atoms with Crippen LogP contribution in [0.1, 0.15) is 16.7 Å². The fourth-order valence-corrected chi connectivity index (χ4v) is 2.01. The fourth-order valence-electron chi connectivity index (χ4n) is 1.68. The molecule has 4 heteroatoms. The van der Waals surface area contributed by atoms with E-state index >= 15 is 0 Å². The van der Waals surface area contributed by atoms with Crippen LogP contribution in [-0.4, -0.2) is 0 Å². The largest absolute Gasteiger partial charge is 0.486 e. The van der Waals surface area contributed by atoms with Crippen LogP contribution in [0.5, 0.6) is 5.75 Å². The second-order valence-electron chi connectivity index (χ2n) is 4.12. The summed E-state index contributed by atoms with van der Waals surface area (Å²) in [6.45, 7) is 2.17. The van der Waals surface area contributed by atoms with Crippen molar-refractivity contribution in [3.63, 3.8) is 0 Å². The van der Waals surface area contributed by atoms with Gasteiger partial charge in [-0.15, -0.1) is 0 Å². The number of aryl methyl sites for hydroxylation is 1. The summed E-state index contributed by atoms with van der Waals surface area (Å²) in [6.07, 6.45) is 0. The van der Waals surface area contributed by atoms with Gasteiger partial charge in [0, 0.05) is 4.47 Å². The summed E-state index contributed by atoms with van der Waals surface area (Å²) in [5, 5.41) is 8.79. The second kappa shape index (κ2) is 5.85. The molecule has 2 aromatic carbocycles. The molecule has 0 saturated carbocycles. The highest BCUT2D eigenvalue weighted by Gasteiger charge is 2.06. The highest BCUT2D eigenvalue weighted by molar-refractivity contribution is 9.10. The molecule has 0 aliphatic carbocycles. The molecule has 19 heavy (non-hydrogen) atoms. The molecule has 0 saturated heterocycles. The Labute approximate surface area is 119 Å². The summed E-state index contributed by atoms with van der Waals surface area (Å²) in [4.78, 5) is 0. The van der Waals surface area contributed by atoms with E-state index in [2.05, 4.69) is 22.0 Å². The topological polar surface area (TPSA) is 33.0 Å². The average Bonchev–Trinajstić information content (AvgIpc) is 2.39. The van der Waals surface area contributed by atoms with Crippen LogP contribution in [0.3, 0.4) is 0 Å². The van der Waals surface area contributed by atoms with Gasteiger partial charge in [0.25, 0.3) is 0 Å². The lowest BCUT2D eigenvalue weighted by molar-refractivity contribution is 0.289. The third-order valence-corrected chi connectivity index (χ3v) is 3.24. The highest BCUT2D eigenvalue weighted by Crippen LogP contribution is 2.23. The Kier molecular flexibility index (Phi) is 4.18. The second-order valence-corrected chi connectivity index (χ2v) is 5.03. The molecule has 0 bridgehead atoms. The maximum atomic E-state index is 13.6. The minimum absolute atomic E-state index is 0.215. The van der Waals surface area contributed by atoms with E-state index < -0.39 is 5.82 Å². The molecule has 0 unspecified atom stereocenters. The average molecular weight is 320 g/mol. The van der Waals surface area contributed by atoms with Crippen molar-refractivity contribution in [3.8, 4) is 11.8 Å². The molecular weight excluding hydrogens is 309 g/mol. The van der Waals surface area contributed by atoms with Crippen molar-refractivity contribution in [3.05, 3.63) is 63.4 Å². The van der Waals surface area contributed by atoms with Crippen LogP contribution < -0.4 is 4.74 Å². The van der Waals surface area contributed by atoms with Crippen molar-refractivity contribution in [2.24, 2.45) is 0 Å². The quantitative estimate of drug-likeness (QED) is 0.842. The van der Waals surface area contributed by atoms with Crippen LogP contribution >= 0.6 is 15.9 Å². The van der Waals surface area contributed by atoms with Crippen molar-refractivity contribution < 1.29 is 9.13 Å². The number of ether oxygens (including phenoxy) is 1. The number of rotatable bonds is 3. The van der Waals surface area contributed by atoms with Gasteiger partial charge in [0.2, 0.25) is 0 Å². The van der Waals surface area contributed by atoms with Gasteiger partial charge in [-0.1, -0.05) is 22.0 Å². The lowest BCUT2D eigenvalue weighted by Crippen LogP contribution is -1.99. The predicted molar refractivity (Wildman–Crippen MR) is 74.3 cm³/mol. The molecule has 0 aromatic heterocycles. The summed E-state index contributed by atoms with van der Waals surface area (Å²) in [6, 6.07) is 12.1. The van der Waals surface area contributed by atoms with E-state index in [1.54, 1.807) is 24.3 Å². The van der Waals surface area contributed by atoms with Gasteiger partial charge in [0.1, 0.15) is 6.61 Å². The number of nitrogens with zero attached hydrogens (tertiary/aromatic N) is 1. The Morgan fingerprint density at radius 1 is 1.26 bits per heavy atom. The number of halogens is 2. The Morgan fingerprint density at radius 3 is 2.68 bits per heavy atom. The van der Waals surface area contributed by atoms with Crippen molar-refractivity contribution in [1.29, 1.82) is 5.26 Å². The zero-order valence-corrected chi connectivity index (χ0v) is 11.9. The maximum Gasteiger partial charge on any atom is 0.166 e. The Morgan fingerprint density at radius 2 is 2.05 bits per heavy atom. The number of hydrogen-bond acceptors (Lipinski definition) is 2. The van der Waals surface area contributed by atoms with E-state index in [0.717, 1.165) is 11.1 Å². The predicted octanol–water partition coefficient (Wildman–Crippen LogP) is 4.35. The summed E-state index contributed by atoms with van der Waals surface area (Å²) in [5.41, 5.74) is 2.49. The van der Waals surface area contributed by atoms with E-state index in [0.29, 0.717) is 10.0 Å². The SMILES string of the molecule is Cc1cc(C#N)ccc1COc1ccc(Br)cc1F. The highest BCUT2D eigenvalue weighted by atomic mass is 79.9. The van der Waals surface area contributed by atoms with E-state index in [-0.39, 0.29) is 12.4 Å². The van der Waals surface area contributed by atoms with E-state index in [9.17, 15) is 4.39 Å². The normalized spacial score (nSPS) is 10.0. The van der Waals surface area contributed by atoms with Crippen molar-refractivity contribution in [1.82, 2.24) is 0 Å². The molecule has 0 amide bonds. The summed E-state index contributed by atoms with van der Waals surface area (Å²) in [5.74, 6) is -0.187. The monoisotopic (exact) mass is 319 g/mol. The third kappa shape index (κ3) is 3.33. The molecule has 2 aromatic rings. The standard InChI is InChI=1S/C15H11BrFNO/c1-10-6-11(8-18)2-3-12(10)9-19-15-5-4-13(16)7-14(15)17/h2-7H,9H2,1H3. The smallest absolute Gasteiger partial charge is 0.166 e. The Hall–Kier alpha value is -1.86. The molecule has 0 radical (unpaired) electrons. The van der Waals surface area contributed by atoms with Crippen molar-refractivity contribution >= 4 is 15.9 Å². The Balaban J connectivity index is 2.13. The first-order valence-corrected chi connectivity index (χ1v) is 6.47. The zero-order valence-electron chi connectivity index (χ0n) is 10.3. The van der Waals surface area contributed by atoms with Crippen molar-refractivity contribution in [2.45, 2.75) is 13.5 Å². The van der Waals surface area contributed by atoms with E-state index in [4.69, 9.17) is 10.00 Å². The Bertz CT molecular complexity index is 649. The summed E-state index contributed by atoms with van der Waals surface area (Å²) in [7, 11) is 0. The molecule has 2 rings (SSSR count). The van der Waals surface area contributed by atoms with Crippen molar-refractivity contribution in [2.75, 3.05) is 0 Å². The van der Waals surface area contributed by atoms with Gasteiger partial charge in [-0.25, -0.2) is 4.39 Å². The molecule has 0 fully saturated rings. The first kappa shape index (κ1) is 13.6. The van der Waals surface area contributed by atoms with Crippen LogP contribution in [0.2, 0.25) is 0 Å². The summed E-state index contributed by atoms with van der Waals surface area (Å²) >= 11 is 3.19. The molecule has 0 heterocycles. The van der Waals surface area contributed by atoms with Gasteiger partial charge in [-0.05, 0) is 48.4 Å². The maximum absolute atomic E-state index is 13.6. The van der Waals surface area contributed by atoms with Crippen LogP contribution in [0.4, 0.5) is 4.39 Å². The first-order chi connectivity index (χ1) is 9.10. The van der Waals surface area contributed by atoms with Gasteiger partial charge in [0.05, 0.1) is 11.6 Å². The lowest BCUT2D eigenvalue weighted by atomic mass is 10.1. The molecule has 0 aliphatic heterocycles. The number of hydrogen-bond donors (Lipinski definition) is 0. The zero-order chi connectivity index (χ0) is 13.8. The molecular formula is C15H11BrFNO. The van der Waals surface area contributed by atoms with Gasteiger partial charge in [-0.2, -0.15) is 5.26 Å². The molecule has 0 aliphatic rings. The molecule has 0 atom stereocenters. The van der Waals surface area contributed by atoms with Crippen LogP contribution in [0, 0.1) is 24.1 Å². The number of nitriles is 1. The minimum atomic E-state index is -0.402. The molecule has 96 valence electrons. The number of benzene rings is 2. The van der Waals surface area contributed by atoms with E-state index in [1.165, 1.54) is 6.07 Å².